The van der Waals surface area contributed by atoms with Gasteiger partial charge in [-0.3, -0.25) is 0 Å². The van der Waals surface area contributed by atoms with Gasteiger partial charge >= 0.3 is 0 Å². The quantitative estimate of drug-likeness (QED) is 0.916. The molecule has 1 unspecified atom stereocenters. The van der Waals surface area contributed by atoms with Crippen molar-refractivity contribution in [3.8, 4) is 11.1 Å². The van der Waals surface area contributed by atoms with Gasteiger partial charge in [0.05, 0.1) is 6.26 Å². The highest BCUT2D eigenvalue weighted by Crippen LogP contribution is 2.26. The minimum atomic E-state index is -3.25. The van der Waals surface area contributed by atoms with Gasteiger partial charge in [-0.05, 0) is 29.7 Å². The third kappa shape index (κ3) is 3.80. The Kier molecular flexibility index (Phi) is 4.80. The van der Waals surface area contributed by atoms with Gasteiger partial charge in [0, 0.05) is 19.1 Å². The molecule has 0 amide bonds. The van der Waals surface area contributed by atoms with Gasteiger partial charge in [-0.25, -0.2) is 8.42 Å². The Balaban J connectivity index is 1.95. The van der Waals surface area contributed by atoms with Crippen LogP contribution in [0.25, 0.3) is 11.1 Å². The van der Waals surface area contributed by atoms with Crippen molar-refractivity contribution in [1.82, 2.24) is 9.62 Å². The molecule has 122 valence electrons. The summed E-state index contributed by atoms with van der Waals surface area (Å²) < 4.78 is 26.2. The fourth-order valence-corrected chi connectivity index (χ4v) is 4.22. The van der Waals surface area contributed by atoms with Crippen LogP contribution in [0, 0.1) is 0 Å². The number of nitrogens with zero attached hydrogens (tertiary/aromatic N) is 1. The lowest BCUT2D eigenvalue weighted by Crippen LogP contribution is -2.40. The van der Waals surface area contributed by atoms with Crippen molar-refractivity contribution in [2.75, 3.05) is 19.3 Å². The van der Waals surface area contributed by atoms with Crippen LogP contribution in [0.2, 0.25) is 0 Å². The van der Waals surface area contributed by atoms with Crippen LogP contribution in [0.1, 0.15) is 12.0 Å². The van der Waals surface area contributed by atoms with Gasteiger partial charge in [0.15, 0.2) is 0 Å². The fourth-order valence-electron chi connectivity index (χ4n) is 3.13. The Morgan fingerprint density at radius 3 is 2.43 bits per heavy atom. The molecule has 1 heterocycles. The first-order chi connectivity index (χ1) is 11.1. The third-order valence-corrected chi connectivity index (χ3v) is 5.58. The Morgan fingerprint density at radius 2 is 1.78 bits per heavy atom. The molecule has 4 nitrogen and oxygen atoms in total. The second-order valence-electron chi connectivity index (χ2n) is 5.98. The number of sulfonamides is 1. The molecule has 1 atom stereocenters. The molecular formula is C18H22N2O2S. The van der Waals surface area contributed by atoms with Crippen LogP contribution in [0.3, 0.4) is 0 Å². The van der Waals surface area contributed by atoms with Crippen molar-refractivity contribution >= 4 is 10.0 Å². The predicted octanol–water partition coefficient (Wildman–Crippen LogP) is 2.48. The molecular weight excluding hydrogens is 308 g/mol. The van der Waals surface area contributed by atoms with E-state index in [1.807, 2.05) is 36.4 Å². The number of hydrogen-bond acceptors (Lipinski definition) is 3. The molecule has 3 rings (SSSR count). The van der Waals surface area contributed by atoms with Gasteiger partial charge in [0.25, 0.3) is 0 Å². The van der Waals surface area contributed by atoms with Crippen molar-refractivity contribution in [3.63, 3.8) is 0 Å². The monoisotopic (exact) mass is 330 g/mol. The molecule has 1 N–H and O–H groups in total. The van der Waals surface area contributed by atoms with Crippen LogP contribution in [0.5, 0.6) is 0 Å². The van der Waals surface area contributed by atoms with Crippen molar-refractivity contribution in [2.45, 2.75) is 19.0 Å². The summed E-state index contributed by atoms with van der Waals surface area (Å²) in [7, 11) is -3.25. The normalized spacial score (nSPS) is 18.4. The standard InChI is InChI=1S/C18H22N2O2S/c1-23(21,22)20(17-11-12-19-13-17)14-16-9-5-6-10-18(16)15-7-3-2-4-8-15/h2-10,17,19H,11-14H2,1H3. The number of benzene rings is 2. The van der Waals surface area contributed by atoms with Crippen molar-refractivity contribution in [1.29, 1.82) is 0 Å². The van der Waals surface area contributed by atoms with Gasteiger partial charge in [-0.2, -0.15) is 4.31 Å². The van der Waals surface area contributed by atoms with E-state index in [0.717, 1.165) is 36.2 Å². The maximum Gasteiger partial charge on any atom is 0.211 e. The van der Waals surface area contributed by atoms with Gasteiger partial charge in [0.1, 0.15) is 0 Å². The summed E-state index contributed by atoms with van der Waals surface area (Å²) >= 11 is 0. The molecule has 1 fully saturated rings. The molecule has 2 aromatic carbocycles. The average Bonchev–Trinajstić information content (AvgIpc) is 3.06. The summed E-state index contributed by atoms with van der Waals surface area (Å²) in [5, 5.41) is 3.25. The van der Waals surface area contributed by atoms with E-state index in [0.29, 0.717) is 6.54 Å². The summed E-state index contributed by atoms with van der Waals surface area (Å²) in [6, 6.07) is 18.2. The van der Waals surface area contributed by atoms with Crippen LogP contribution in [-0.4, -0.2) is 38.1 Å². The van der Waals surface area contributed by atoms with Gasteiger partial charge in [-0.1, -0.05) is 54.6 Å². The van der Waals surface area contributed by atoms with E-state index in [9.17, 15) is 8.42 Å². The van der Waals surface area contributed by atoms with Gasteiger partial charge in [0.2, 0.25) is 10.0 Å². The second-order valence-corrected chi connectivity index (χ2v) is 7.91. The SMILES string of the molecule is CS(=O)(=O)N(Cc1ccccc1-c1ccccc1)C1CCNC1. The summed E-state index contributed by atoms with van der Waals surface area (Å²) in [6.07, 6.45) is 2.16. The van der Waals surface area contributed by atoms with E-state index in [1.54, 1.807) is 4.31 Å². The van der Waals surface area contributed by atoms with Crippen LogP contribution >= 0.6 is 0 Å². The van der Waals surface area contributed by atoms with Crippen molar-refractivity contribution in [3.05, 3.63) is 60.2 Å². The topological polar surface area (TPSA) is 49.4 Å². The summed E-state index contributed by atoms with van der Waals surface area (Å²) in [5.74, 6) is 0. The molecule has 0 radical (unpaired) electrons. The molecule has 23 heavy (non-hydrogen) atoms. The first-order valence-corrected chi connectivity index (χ1v) is 9.71. The summed E-state index contributed by atoms with van der Waals surface area (Å²) in [4.78, 5) is 0. The molecule has 0 saturated carbocycles. The smallest absolute Gasteiger partial charge is 0.211 e. The first-order valence-electron chi connectivity index (χ1n) is 7.86. The van der Waals surface area contributed by atoms with Crippen LogP contribution in [0.15, 0.2) is 54.6 Å². The van der Waals surface area contributed by atoms with E-state index in [4.69, 9.17) is 0 Å². The molecule has 5 heteroatoms. The highest BCUT2D eigenvalue weighted by atomic mass is 32.2. The zero-order chi connectivity index (χ0) is 16.3. The van der Waals surface area contributed by atoms with E-state index >= 15 is 0 Å². The summed E-state index contributed by atoms with van der Waals surface area (Å²) in [5.41, 5.74) is 3.24. The third-order valence-electron chi connectivity index (χ3n) is 4.30. The number of rotatable bonds is 5. The molecule has 2 aromatic rings. The predicted molar refractivity (Wildman–Crippen MR) is 93.5 cm³/mol. The highest BCUT2D eigenvalue weighted by Gasteiger charge is 2.29. The highest BCUT2D eigenvalue weighted by molar-refractivity contribution is 7.88. The summed E-state index contributed by atoms with van der Waals surface area (Å²) in [6.45, 7) is 2.01. The van der Waals surface area contributed by atoms with Gasteiger partial charge < -0.3 is 5.32 Å². The molecule has 0 aliphatic carbocycles. The van der Waals surface area contributed by atoms with E-state index in [1.165, 1.54) is 6.26 Å². The average molecular weight is 330 g/mol. The minimum absolute atomic E-state index is 0.0360. The molecule has 1 aliphatic heterocycles. The molecule has 1 saturated heterocycles. The largest absolute Gasteiger partial charge is 0.315 e. The minimum Gasteiger partial charge on any atom is -0.315 e. The van der Waals surface area contributed by atoms with Crippen molar-refractivity contribution in [2.24, 2.45) is 0 Å². The van der Waals surface area contributed by atoms with E-state index < -0.39 is 10.0 Å². The van der Waals surface area contributed by atoms with Crippen LogP contribution in [0.4, 0.5) is 0 Å². The van der Waals surface area contributed by atoms with Crippen LogP contribution in [-0.2, 0) is 16.6 Å². The zero-order valence-electron chi connectivity index (χ0n) is 13.3. The molecule has 0 bridgehead atoms. The number of nitrogens with one attached hydrogen (secondary N) is 1. The lowest BCUT2D eigenvalue weighted by atomic mass is 9.99. The Bertz CT molecular complexity index is 754. The van der Waals surface area contributed by atoms with E-state index in [-0.39, 0.29) is 6.04 Å². The zero-order valence-corrected chi connectivity index (χ0v) is 14.1. The van der Waals surface area contributed by atoms with Gasteiger partial charge in [-0.15, -0.1) is 0 Å². The van der Waals surface area contributed by atoms with Crippen LogP contribution < -0.4 is 5.32 Å². The first kappa shape index (κ1) is 16.2. The number of hydrogen-bond donors (Lipinski definition) is 1. The Hall–Kier alpha value is -1.69. The molecule has 1 aliphatic rings. The van der Waals surface area contributed by atoms with Crippen molar-refractivity contribution < 1.29 is 8.42 Å². The Morgan fingerprint density at radius 1 is 1.09 bits per heavy atom. The maximum atomic E-state index is 12.3. The maximum absolute atomic E-state index is 12.3. The Labute approximate surface area is 138 Å². The molecule has 0 aromatic heterocycles. The second kappa shape index (κ2) is 6.83. The molecule has 0 spiro atoms. The lowest BCUT2D eigenvalue weighted by Gasteiger charge is -2.27. The fraction of sp³-hybridized carbons (Fsp3) is 0.333. The lowest BCUT2D eigenvalue weighted by molar-refractivity contribution is 0.332. The van der Waals surface area contributed by atoms with E-state index in [2.05, 4.69) is 23.5 Å².